The van der Waals surface area contributed by atoms with Crippen LogP contribution in [0.3, 0.4) is 0 Å². The minimum Gasteiger partial charge on any atom is -0.462 e. The zero-order valence-corrected chi connectivity index (χ0v) is 13.1. The molecule has 3 nitrogen and oxygen atoms in total. The summed E-state index contributed by atoms with van der Waals surface area (Å²) in [6.45, 7) is 12.7. The highest BCUT2D eigenvalue weighted by Gasteiger charge is 2.24. The molecule has 108 valence electrons. The third-order valence-corrected chi connectivity index (χ3v) is 3.57. The van der Waals surface area contributed by atoms with Gasteiger partial charge in [-0.2, -0.15) is 0 Å². The number of anilines is 1. The van der Waals surface area contributed by atoms with Gasteiger partial charge in [0.2, 0.25) is 5.43 Å². The van der Waals surface area contributed by atoms with E-state index in [9.17, 15) is 4.79 Å². The molecule has 2 rings (SSSR count). The van der Waals surface area contributed by atoms with E-state index in [0.29, 0.717) is 11.0 Å². The van der Waals surface area contributed by atoms with Gasteiger partial charge in [-0.05, 0) is 22.5 Å². The van der Waals surface area contributed by atoms with Crippen molar-refractivity contribution in [2.45, 2.75) is 52.4 Å². The summed E-state index contributed by atoms with van der Waals surface area (Å²) in [6.07, 6.45) is 1.34. The normalized spacial score (nSPS) is 12.9. The molecule has 0 fully saturated rings. The van der Waals surface area contributed by atoms with Gasteiger partial charge in [-0.1, -0.05) is 47.6 Å². The topological polar surface area (TPSA) is 56.2 Å². The number of nitrogens with two attached hydrogens (primary N) is 1. The van der Waals surface area contributed by atoms with Crippen LogP contribution in [0.15, 0.2) is 27.6 Å². The van der Waals surface area contributed by atoms with Gasteiger partial charge in [0.15, 0.2) is 0 Å². The van der Waals surface area contributed by atoms with Crippen molar-refractivity contribution >= 4 is 16.7 Å². The number of hydrogen-bond donors (Lipinski definition) is 1. The van der Waals surface area contributed by atoms with Crippen molar-refractivity contribution in [3.8, 4) is 0 Å². The first-order valence-corrected chi connectivity index (χ1v) is 6.88. The second-order valence-corrected chi connectivity index (χ2v) is 7.42. The van der Waals surface area contributed by atoms with Crippen molar-refractivity contribution in [1.29, 1.82) is 0 Å². The van der Waals surface area contributed by atoms with Gasteiger partial charge in [-0.25, -0.2) is 0 Å². The Morgan fingerprint density at radius 3 is 2.10 bits per heavy atom. The first-order valence-electron chi connectivity index (χ1n) is 6.88. The van der Waals surface area contributed by atoms with Crippen molar-refractivity contribution in [2.24, 2.45) is 0 Å². The first-order chi connectivity index (χ1) is 9.01. The fourth-order valence-electron chi connectivity index (χ4n) is 2.25. The smallest absolute Gasteiger partial charge is 0.215 e. The summed E-state index contributed by atoms with van der Waals surface area (Å²) in [5.74, 6) is 0. The number of rotatable bonds is 0. The summed E-state index contributed by atoms with van der Waals surface area (Å²) in [5.41, 5.74) is 8.36. The molecule has 0 aliphatic rings. The molecule has 0 aliphatic heterocycles. The van der Waals surface area contributed by atoms with Crippen LogP contribution in [0, 0.1) is 0 Å². The maximum Gasteiger partial charge on any atom is 0.215 e. The average Bonchev–Trinajstić information content (AvgIpc) is 2.30. The maximum absolute atomic E-state index is 12.3. The fraction of sp³-hybridized carbons (Fsp3) is 0.471. The van der Waals surface area contributed by atoms with E-state index in [-0.39, 0.29) is 21.9 Å². The van der Waals surface area contributed by atoms with E-state index in [1.807, 2.05) is 6.07 Å². The Kier molecular flexibility index (Phi) is 3.20. The summed E-state index contributed by atoms with van der Waals surface area (Å²) < 4.78 is 5.62. The van der Waals surface area contributed by atoms with Crippen molar-refractivity contribution in [1.82, 2.24) is 0 Å². The van der Waals surface area contributed by atoms with Crippen molar-refractivity contribution in [3.63, 3.8) is 0 Å². The van der Waals surface area contributed by atoms with E-state index < -0.39 is 0 Å². The SMILES string of the molecule is CC(C)(C)c1cc(C(C)(C)C)c2occ(N)c(=O)c2c1. The van der Waals surface area contributed by atoms with Crippen LogP contribution in [0.25, 0.3) is 11.0 Å². The molecular weight excluding hydrogens is 250 g/mol. The molecule has 2 N–H and O–H groups in total. The number of benzene rings is 1. The minimum absolute atomic E-state index is 0.0365. The molecular formula is C17H23NO2. The average molecular weight is 273 g/mol. The molecule has 0 aliphatic carbocycles. The Bertz CT molecular complexity index is 713. The molecule has 0 amide bonds. The Morgan fingerprint density at radius 2 is 1.60 bits per heavy atom. The van der Waals surface area contributed by atoms with Crippen LogP contribution in [0.5, 0.6) is 0 Å². The Hall–Kier alpha value is -1.77. The summed E-state index contributed by atoms with van der Waals surface area (Å²) in [5, 5.41) is 0.572. The molecule has 3 heteroatoms. The highest BCUT2D eigenvalue weighted by Crippen LogP contribution is 2.34. The molecule has 0 spiro atoms. The van der Waals surface area contributed by atoms with Crippen LogP contribution in [0.2, 0.25) is 0 Å². The highest BCUT2D eigenvalue weighted by atomic mass is 16.3. The van der Waals surface area contributed by atoms with Gasteiger partial charge in [-0.3, -0.25) is 4.79 Å². The minimum atomic E-state index is -0.150. The van der Waals surface area contributed by atoms with Gasteiger partial charge in [0.25, 0.3) is 0 Å². The monoisotopic (exact) mass is 273 g/mol. The Labute approximate surface area is 119 Å². The van der Waals surface area contributed by atoms with E-state index in [4.69, 9.17) is 10.2 Å². The second kappa shape index (κ2) is 4.37. The lowest BCUT2D eigenvalue weighted by Gasteiger charge is -2.25. The summed E-state index contributed by atoms with van der Waals surface area (Å²) in [4.78, 5) is 12.3. The van der Waals surface area contributed by atoms with E-state index in [2.05, 4.69) is 47.6 Å². The van der Waals surface area contributed by atoms with Crippen LogP contribution in [0.1, 0.15) is 52.7 Å². The van der Waals surface area contributed by atoms with Gasteiger partial charge in [-0.15, -0.1) is 0 Å². The van der Waals surface area contributed by atoms with Gasteiger partial charge in [0.1, 0.15) is 17.5 Å². The molecule has 1 heterocycles. The fourth-order valence-corrected chi connectivity index (χ4v) is 2.25. The Balaban J connectivity index is 2.98. The summed E-state index contributed by atoms with van der Waals surface area (Å²) in [6, 6.07) is 4.05. The van der Waals surface area contributed by atoms with Crippen LogP contribution in [-0.2, 0) is 10.8 Å². The summed E-state index contributed by atoms with van der Waals surface area (Å²) >= 11 is 0. The number of fused-ring (bicyclic) bond motifs is 1. The first kappa shape index (κ1) is 14.6. The molecule has 0 radical (unpaired) electrons. The third-order valence-electron chi connectivity index (χ3n) is 3.57. The lowest BCUT2D eigenvalue weighted by Crippen LogP contribution is -2.19. The Morgan fingerprint density at radius 1 is 1.00 bits per heavy atom. The second-order valence-electron chi connectivity index (χ2n) is 7.42. The third kappa shape index (κ3) is 2.45. The van der Waals surface area contributed by atoms with Gasteiger partial charge >= 0.3 is 0 Å². The van der Waals surface area contributed by atoms with Crippen LogP contribution >= 0.6 is 0 Å². The van der Waals surface area contributed by atoms with Crippen LogP contribution < -0.4 is 11.2 Å². The van der Waals surface area contributed by atoms with Crippen molar-refractivity contribution in [2.75, 3.05) is 5.73 Å². The molecule has 0 saturated carbocycles. The van der Waals surface area contributed by atoms with Crippen molar-refractivity contribution in [3.05, 3.63) is 39.7 Å². The molecule has 20 heavy (non-hydrogen) atoms. The summed E-state index contributed by atoms with van der Waals surface area (Å²) in [7, 11) is 0. The van der Waals surface area contributed by atoms with E-state index in [1.54, 1.807) is 0 Å². The van der Waals surface area contributed by atoms with Crippen LogP contribution in [0.4, 0.5) is 5.69 Å². The number of nitrogen functional groups attached to an aromatic ring is 1. The van der Waals surface area contributed by atoms with E-state index in [1.165, 1.54) is 6.26 Å². The van der Waals surface area contributed by atoms with Crippen molar-refractivity contribution < 1.29 is 4.42 Å². The lowest BCUT2D eigenvalue weighted by atomic mass is 9.79. The molecule has 1 aromatic carbocycles. The standard InChI is InChI=1S/C17H23NO2/c1-16(2,3)10-7-11-14(19)13(18)9-20-15(11)12(8-10)17(4,5)6/h7-9H,18H2,1-6H3. The van der Waals surface area contributed by atoms with E-state index >= 15 is 0 Å². The number of hydrogen-bond acceptors (Lipinski definition) is 3. The molecule has 0 unspecified atom stereocenters. The zero-order chi connectivity index (χ0) is 15.3. The largest absolute Gasteiger partial charge is 0.462 e. The van der Waals surface area contributed by atoms with Gasteiger partial charge < -0.3 is 10.2 Å². The van der Waals surface area contributed by atoms with Gasteiger partial charge in [0, 0.05) is 5.56 Å². The zero-order valence-electron chi connectivity index (χ0n) is 13.1. The molecule has 0 bridgehead atoms. The molecule has 0 saturated heterocycles. The quantitative estimate of drug-likeness (QED) is 0.790. The predicted octanol–water partition coefficient (Wildman–Crippen LogP) is 3.97. The highest BCUT2D eigenvalue weighted by molar-refractivity contribution is 5.84. The lowest BCUT2D eigenvalue weighted by molar-refractivity contribution is 0.544. The maximum atomic E-state index is 12.3. The molecule has 0 atom stereocenters. The predicted molar refractivity (Wildman–Crippen MR) is 84.3 cm³/mol. The molecule has 2 aromatic rings. The van der Waals surface area contributed by atoms with Crippen LogP contribution in [-0.4, -0.2) is 0 Å². The molecule has 1 aromatic heterocycles. The van der Waals surface area contributed by atoms with Gasteiger partial charge in [0.05, 0.1) is 5.39 Å². The van der Waals surface area contributed by atoms with E-state index in [0.717, 1.165) is 11.1 Å².